The van der Waals surface area contributed by atoms with Gasteiger partial charge in [0.1, 0.15) is 5.75 Å². The highest BCUT2D eigenvalue weighted by Crippen LogP contribution is 2.22. The zero-order valence-corrected chi connectivity index (χ0v) is 18.8. The lowest BCUT2D eigenvalue weighted by Gasteiger charge is -2.35. The van der Waals surface area contributed by atoms with Crippen molar-refractivity contribution in [3.63, 3.8) is 0 Å². The summed E-state index contributed by atoms with van der Waals surface area (Å²) in [6, 6.07) is 17.7. The van der Waals surface area contributed by atoms with Crippen molar-refractivity contribution in [1.82, 2.24) is 15.1 Å². The second kappa shape index (κ2) is 9.68. The predicted octanol–water partition coefficient (Wildman–Crippen LogP) is 4.51. The Hall–Kier alpha value is -3.61. The molecular weight excluding hydrogens is 402 g/mol. The third kappa shape index (κ3) is 4.99. The van der Waals surface area contributed by atoms with Crippen molar-refractivity contribution in [1.29, 1.82) is 0 Å². The molecular formula is C25H29N5O2. The molecule has 1 saturated heterocycles. The molecule has 0 unspecified atom stereocenters. The van der Waals surface area contributed by atoms with E-state index in [0.717, 1.165) is 41.6 Å². The summed E-state index contributed by atoms with van der Waals surface area (Å²) in [7, 11) is 0. The Morgan fingerprint density at radius 2 is 1.69 bits per heavy atom. The lowest BCUT2D eigenvalue weighted by atomic mass is 10.1. The number of hydrogen-bond donors (Lipinski definition) is 1. The summed E-state index contributed by atoms with van der Waals surface area (Å²) in [5.41, 5.74) is 5.03. The van der Waals surface area contributed by atoms with Crippen LogP contribution >= 0.6 is 0 Å². The van der Waals surface area contributed by atoms with Crippen LogP contribution in [0.25, 0.3) is 11.3 Å². The fourth-order valence-electron chi connectivity index (χ4n) is 3.70. The largest absolute Gasteiger partial charge is 0.494 e. The highest BCUT2D eigenvalue weighted by molar-refractivity contribution is 5.89. The van der Waals surface area contributed by atoms with Gasteiger partial charge in [0.25, 0.3) is 0 Å². The molecule has 3 aromatic rings. The number of carbonyl (C=O) groups excluding carboxylic acids is 1. The summed E-state index contributed by atoms with van der Waals surface area (Å²) in [6.07, 6.45) is 0. The number of benzene rings is 2. The molecule has 7 nitrogen and oxygen atoms in total. The lowest BCUT2D eigenvalue weighted by Crippen LogP contribution is -2.50. The zero-order valence-electron chi connectivity index (χ0n) is 18.8. The number of ether oxygens (including phenoxy) is 1. The molecule has 1 aliphatic heterocycles. The van der Waals surface area contributed by atoms with E-state index in [2.05, 4.69) is 27.3 Å². The second-order valence-electron chi connectivity index (χ2n) is 7.94. The van der Waals surface area contributed by atoms with Crippen LogP contribution in [0.2, 0.25) is 0 Å². The van der Waals surface area contributed by atoms with E-state index in [1.807, 2.05) is 73.3 Å². The summed E-state index contributed by atoms with van der Waals surface area (Å²) in [4.78, 5) is 16.6. The van der Waals surface area contributed by atoms with E-state index < -0.39 is 0 Å². The summed E-state index contributed by atoms with van der Waals surface area (Å²) in [6.45, 7) is 9.44. The second-order valence-corrected chi connectivity index (χ2v) is 7.94. The first-order chi connectivity index (χ1) is 15.5. The van der Waals surface area contributed by atoms with Gasteiger partial charge in [-0.05, 0) is 80.4 Å². The van der Waals surface area contributed by atoms with E-state index in [4.69, 9.17) is 4.74 Å². The molecule has 1 N–H and O–H groups in total. The molecule has 1 aromatic heterocycles. The Labute approximate surface area is 189 Å². The third-order valence-corrected chi connectivity index (χ3v) is 5.76. The van der Waals surface area contributed by atoms with Crippen LogP contribution in [0.5, 0.6) is 5.75 Å². The quantitative estimate of drug-likeness (QED) is 0.643. The van der Waals surface area contributed by atoms with Crippen LogP contribution in [-0.2, 0) is 0 Å². The highest BCUT2D eigenvalue weighted by Gasteiger charge is 2.22. The van der Waals surface area contributed by atoms with E-state index in [-0.39, 0.29) is 6.03 Å². The van der Waals surface area contributed by atoms with Gasteiger partial charge < -0.3 is 19.9 Å². The van der Waals surface area contributed by atoms with Crippen LogP contribution in [0, 0.1) is 13.8 Å². The van der Waals surface area contributed by atoms with Gasteiger partial charge in [-0.15, -0.1) is 10.2 Å². The Morgan fingerprint density at radius 3 is 2.31 bits per heavy atom. The molecule has 7 heteroatoms. The third-order valence-electron chi connectivity index (χ3n) is 5.76. The van der Waals surface area contributed by atoms with Crippen molar-refractivity contribution in [2.75, 3.05) is 43.0 Å². The van der Waals surface area contributed by atoms with Gasteiger partial charge in [-0.25, -0.2) is 4.79 Å². The van der Waals surface area contributed by atoms with Gasteiger partial charge in [0, 0.05) is 37.4 Å². The molecule has 0 radical (unpaired) electrons. The molecule has 2 heterocycles. The molecule has 0 atom stereocenters. The molecule has 0 bridgehead atoms. The van der Waals surface area contributed by atoms with E-state index in [0.29, 0.717) is 19.7 Å². The van der Waals surface area contributed by atoms with E-state index in [9.17, 15) is 4.79 Å². The monoisotopic (exact) mass is 431 g/mol. The van der Waals surface area contributed by atoms with Gasteiger partial charge in [0.15, 0.2) is 5.82 Å². The molecule has 1 aliphatic rings. The molecule has 1 fully saturated rings. The number of hydrogen-bond acceptors (Lipinski definition) is 5. The normalized spacial score (nSPS) is 13.7. The predicted molar refractivity (Wildman–Crippen MR) is 127 cm³/mol. The zero-order chi connectivity index (χ0) is 22.5. The van der Waals surface area contributed by atoms with Crippen molar-refractivity contribution in [3.05, 3.63) is 65.7 Å². The first-order valence-corrected chi connectivity index (χ1v) is 11.0. The van der Waals surface area contributed by atoms with Crippen molar-refractivity contribution < 1.29 is 9.53 Å². The van der Waals surface area contributed by atoms with Crippen molar-refractivity contribution in [3.8, 4) is 17.0 Å². The molecule has 166 valence electrons. The Balaban J connectivity index is 1.32. The average Bonchev–Trinajstić information content (AvgIpc) is 2.82. The van der Waals surface area contributed by atoms with Crippen LogP contribution in [0.1, 0.15) is 18.1 Å². The maximum absolute atomic E-state index is 12.6. The number of piperazine rings is 1. The Kier molecular flexibility index (Phi) is 6.54. The number of nitrogens with one attached hydrogen (secondary N) is 1. The number of rotatable bonds is 5. The maximum atomic E-state index is 12.6. The SMILES string of the molecule is CCOc1ccc(-c2ccc(N3CCN(C(=O)Nc4ccc(C)c(C)c4)CC3)nn2)cc1. The minimum atomic E-state index is -0.0650. The van der Waals surface area contributed by atoms with Crippen molar-refractivity contribution in [2.24, 2.45) is 0 Å². The fourth-order valence-corrected chi connectivity index (χ4v) is 3.70. The molecule has 2 aromatic carbocycles. The number of amides is 2. The van der Waals surface area contributed by atoms with Gasteiger partial charge in [-0.1, -0.05) is 6.07 Å². The molecule has 2 amide bonds. The van der Waals surface area contributed by atoms with E-state index >= 15 is 0 Å². The van der Waals surface area contributed by atoms with Crippen LogP contribution in [0.3, 0.4) is 0 Å². The number of aromatic nitrogens is 2. The highest BCUT2D eigenvalue weighted by atomic mass is 16.5. The first-order valence-electron chi connectivity index (χ1n) is 11.0. The van der Waals surface area contributed by atoms with Crippen LogP contribution < -0.4 is 15.0 Å². The van der Waals surface area contributed by atoms with Crippen LogP contribution in [0.4, 0.5) is 16.3 Å². The van der Waals surface area contributed by atoms with Gasteiger partial charge in [-0.2, -0.15) is 0 Å². The smallest absolute Gasteiger partial charge is 0.321 e. The summed E-state index contributed by atoms with van der Waals surface area (Å²) in [5.74, 6) is 1.68. The minimum absolute atomic E-state index is 0.0650. The van der Waals surface area contributed by atoms with Crippen molar-refractivity contribution in [2.45, 2.75) is 20.8 Å². The molecule has 0 aliphatic carbocycles. The Morgan fingerprint density at radius 1 is 0.938 bits per heavy atom. The number of aryl methyl sites for hydroxylation is 2. The van der Waals surface area contributed by atoms with Gasteiger partial charge in [-0.3, -0.25) is 0 Å². The van der Waals surface area contributed by atoms with Gasteiger partial charge in [0.05, 0.1) is 12.3 Å². The summed E-state index contributed by atoms with van der Waals surface area (Å²) >= 11 is 0. The van der Waals surface area contributed by atoms with Crippen LogP contribution in [-0.4, -0.2) is 53.9 Å². The molecule has 0 saturated carbocycles. The summed E-state index contributed by atoms with van der Waals surface area (Å²) < 4.78 is 5.49. The van der Waals surface area contributed by atoms with E-state index in [1.165, 1.54) is 11.1 Å². The number of nitrogens with zero attached hydrogens (tertiary/aromatic N) is 4. The van der Waals surface area contributed by atoms with Gasteiger partial charge in [0.2, 0.25) is 0 Å². The van der Waals surface area contributed by atoms with Crippen LogP contribution in [0.15, 0.2) is 54.6 Å². The number of urea groups is 1. The minimum Gasteiger partial charge on any atom is -0.494 e. The molecule has 4 rings (SSSR count). The Bertz CT molecular complexity index is 1060. The molecule has 32 heavy (non-hydrogen) atoms. The number of carbonyl (C=O) groups is 1. The maximum Gasteiger partial charge on any atom is 0.321 e. The van der Waals surface area contributed by atoms with Crippen molar-refractivity contribution >= 4 is 17.5 Å². The average molecular weight is 432 g/mol. The van der Waals surface area contributed by atoms with E-state index in [1.54, 1.807) is 0 Å². The topological polar surface area (TPSA) is 70.6 Å². The number of anilines is 2. The fraction of sp³-hybridized carbons (Fsp3) is 0.320. The standard InChI is InChI=1S/C25H29N5O2/c1-4-32-22-9-6-20(7-10-22)23-11-12-24(28-27-23)29-13-15-30(16-14-29)25(31)26-21-8-5-18(2)19(3)17-21/h5-12,17H,4,13-16H2,1-3H3,(H,26,31). The first kappa shape index (κ1) is 21.6. The summed E-state index contributed by atoms with van der Waals surface area (Å²) in [5, 5.41) is 11.8. The van der Waals surface area contributed by atoms with Gasteiger partial charge >= 0.3 is 6.03 Å². The molecule has 0 spiro atoms. The lowest BCUT2D eigenvalue weighted by molar-refractivity contribution is 0.208.